The fourth-order valence-electron chi connectivity index (χ4n) is 10.4. The van der Waals surface area contributed by atoms with E-state index in [1.54, 1.807) is 57.3 Å². The lowest BCUT2D eigenvalue weighted by molar-refractivity contribution is -0.172. The number of aryl methyl sites for hydroxylation is 1. The number of aliphatic carboxylic acids is 1. The maximum absolute atomic E-state index is 15.5. The van der Waals surface area contributed by atoms with Crippen LogP contribution >= 0.6 is 0 Å². The van der Waals surface area contributed by atoms with Gasteiger partial charge in [0, 0.05) is 55.4 Å². The molecule has 3 aliphatic heterocycles. The first-order valence-electron chi connectivity index (χ1n) is 25.5. The van der Waals surface area contributed by atoms with Crippen molar-refractivity contribution < 1.29 is 72.0 Å². The van der Waals surface area contributed by atoms with Crippen LogP contribution in [0.3, 0.4) is 0 Å². The lowest BCUT2D eigenvalue weighted by Crippen LogP contribution is -2.55. The Morgan fingerprint density at radius 2 is 1.56 bits per heavy atom. The molecule has 8 N–H and O–H groups in total. The molecule has 4 aromatic rings. The number of hydrogen-bond donors (Lipinski definition) is 8. The number of imide groups is 1. The average molecular weight is 1100 g/mol. The lowest BCUT2D eigenvalue weighted by atomic mass is 9.81. The van der Waals surface area contributed by atoms with E-state index in [0.717, 1.165) is 0 Å². The normalized spacial score (nSPS) is 18.1. The number of nitrogens with one attached hydrogen (secondary N) is 6. The Morgan fingerprint density at radius 3 is 2.24 bits per heavy atom. The van der Waals surface area contributed by atoms with Gasteiger partial charge in [-0.1, -0.05) is 37.3 Å². The van der Waals surface area contributed by atoms with Crippen molar-refractivity contribution in [3.8, 4) is 11.4 Å². The van der Waals surface area contributed by atoms with Gasteiger partial charge in [0.05, 0.1) is 61.2 Å². The highest BCUT2D eigenvalue weighted by atomic mass is 19.1. The van der Waals surface area contributed by atoms with Crippen LogP contribution in [0.4, 0.5) is 4.39 Å². The molecule has 0 spiro atoms. The van der Waals surface area contributed by atoms with Crippen LogP contribution in [0.1, 0.15) is 84.5 Å². The summed E-state index contributed by atoms with van der Waals surface area (Å²) in [5.74, 6) is -8.46. The van der Waals surface area contributed by atoms with Crippen molar-refractivity contribution in [3.05, 3.63) is 97.6 Å². The number of ether oxygens (including phenoxy) is 2. The van der Waals surface area contributed by atoms with Gasteiger partial charge in [-0.2, -0.15) is 0 Å². The van der Waals surface area contributed by atoms with Gasteiger partial charge in [-0.3, -0.25) is 52.8 Å². The summed E-state index contributed by atoms with van der Waals surface area (Å²) in [5.41, 5.74) is 1.71. The Balaban J connectivity index is 0.862. The molecule has 2 aromatic carbocycles. The van der Waals surface area contributed by atoms with Crippen molar-refractivity contribution in [1.82, 2.24) is 51.3 Å². The third-order valence-electron chi connectivity index (χ3n) is 14.7. The highest BCUT2D eigenvalue weighted by Gasteiger charge is 2.46. The van der Waals surface area contributed by atoms with Crippen molar-refractivity contribution in [2.45, 2.75) is 102 Å². The molecule has 1 fully saturated rings. The fourth-order valence-corrected chi connectivity index (χ4v) is 10.4. The summed E-state index contributed by atoms with van der Waals surface area (Å²) < 4.78 is 28.0. The molecule has 5 heterocycles. The molecule has 4 aliphatic rings. The molecule has 0 radical (unpaired) electrons. The van der Waals surface area contributed by atoms with Crippen LogP contribution in [-0.2, 0) is 89.0 Å². The molecule has 2 aromatic heterocycles. The van der Waals surface area contributed by atoms with Crippen LogP contribution < -0.4 is 37.5 Å². The maximum Gasteiger partial charge on any atom is 0.343 e. The summed E-state index contributed by atoms with van der Waals surface area (Å²) in [6, 6.07) is 8.14. The second-order valence-corrected chi connectivity index (χ2v) is 19.6. The van der Waals surface area contributed by atoms with Crippen molar-refractivity contribution >= 4 is 70.1 Å². The number of benzene rings is 2. The van der Waals surface area contributed by atoms with E-state index in [1.807, 2.05) is 0 Å². The van der Waals surface area contributed by atoms with Gasteiger partial charge in [-0.05, 0) is 61.4 Å². The number of carboxylic acids is 1. The zero-order chi connectivity index (χ0) is 57.0. The van der Waals surface area contributed by atoms with Gasteiger partial charge >= 0.3 is 11.9 Å². The standard InChI is InChI=1S/C53H59FN10O15/c1-5-53(77)32-16-37-47-30(23-63(37)51(75)31(32)24-78-52(53)76)46-36(12-11-29-26(2)33(54)17-34(61-47)45(29)46)62(4)50(74)27(3)79-25-59-40(66)20-57-48(72)35(15-28-9-7-6-8-10-28)60-41(67)21-56-39(65)19-58-49(73)38(18-55-22-44(70)71)64-42(68)13-14-43(64)69/h6-10,16-17,27,35-36,38,55,77H,5,11-15,18-25H2,1-4H3,(H,56,65)(H,57,72)(H,58,73)(H,59,66)(H,60,67)(H,70,71)/t27-,35-,36-,38+,53-/m0/s1. The minimum atomic E-state index is -2.07. The lowest BCUT2D eigenvalue weighted by Gasteiger charge is -2.36. The predicted octanol–water partition coefficient (Wildman–Crippen LogP) is -1.28. The van der Waals surface area contributed by atoms with Gasteiger partial charge in [0.15, 0.2) is 5.60 Å². The van der Waals surface area contributed by atoms with Gasteiger partial charge < -0.3 is 61.1 Å². The molecule has 8 amide bonds. The number of nitrogens with zero attached hydrogens (tertiary/aromatic N) is 4. The molecule has 0 saturated carbocycles. The number of esters is 1. The van der Waals surface area contributed by atoms with Crippen LogP contribution in [0.2, 0.25) is 0 Å². The van der Waals surface area contributed by atoms with E-state index in [9.17, 15) is 57.8 Å². The second kappa shape index (κ2) is 23.6. The highest BCUT2D eigenvalue weighted by molar-refractivity contribution is 6.06. The number of carboxylic acid groups (broad SMARTS) is 1. The van der Waals surface area contributed by atoms with E-state index < -0.39 is 140 Å². The Kier molecular flexibility index (Phi) is 17.0. The maximum atomic E-state index is 15.5. The first kappa shape index (κ1) is 56.7. The number of amides is 8. The SMILES string of the molecule is CC[C@@]1(O)C(=O)OCc2c1cc1n(c2=O)Cc2c-1nc1cc(F)c(C)c3c1c2[C@@H](N(C)C(=O)[C@H](C)OCNC(=O)CNC(=O)[C@H](Cc1ccccc1)NC(=O)CNC(=O)CNC(=O)[C@@H](CNCC(=O)O)N1C(=O)CCC1=O)CC3. The summed E-state index contributed by atoms with van der Waals surface area (Å²) in [6.07, 6.45) is -0.751. The number of cyclic esters (lactones) is 1. The first-order chi connectivity index (χ1) is 37.6. The number of aromatic nitrogens is 2. The van der Waals surface area contributed by atoms with Crippen molar-refractivity contribution in [2.24, 2.45) is 0 Å². The summed E-state index contributed by atoms with van der Waals surface area (Å²) in [7, 11) is 1.59. The summed E-state index contributed by atoms with van der Waals surface area (Å²) in [5, 5.41) is 35.5. The Hall–Kier alpha value is -8.49. The number of aliphatic hydroxyl groups is 1. The quantitative estimate of drug-likeness (QED) is 0.0227. The van der Waals surface area contributed by atoms with Gasteiger partial charge in [-0.25, -0.2) is 14.2 Å². The second-order valence-electron chi connectivity index (χ2n) is 19.6. The zero-order valence-electron chi connectivity index (χ0n) is 43.6. The van der Waals surface area contributed by atoms with Crippen molar-refractivity contribution in [1.29, 1.82) is 0 Å². The minimum Gasteiger partial charge on any atom is -0.480 e. The molecule has 26 heteroatoms. The Labute approximate surface area is 449 Å². The highest BCUT2D eigenvalue weighted by Crippen LogP contribution is 2.47. The summed E-state index contributed by atoms with van der Waals surface area (Å²) in [4.78, 5) is 149. The topological polar surface area (TPSA) is 343 Å². The van der Waals surface area contributed by atoms with E-state index in [-0.39, 0.29) is 50.0 Å². The average Bonchev–Trinajstić information content (AvgIpc) is 4.19. The molecule has 1 aliphatic carbocycles. The molecule has 8 rings (SSSR count). The van der Waals surface area contributed by atoms with E-state index in [0.29, 0.717) is 67.8 Å². The molecule has 0 unspecified atom stereocenters. The van der Waals surface area contributed by atoms with E-state index >= 15 is 4.39 Å². The number of likely N-dealkylation sites (N-methyl/N-ethyl adjacent to an activating group) is 1. The molecular weight excluding hydrogens is 1040 g/mol. The summed E-state index contributed by atoms with van der Waals surface area (Å²) >= 11 is 0. The summed E-state index contributed by atoms with van der Waals surface area (Å²) in [6.45, 7) is 1.10. The molecule has 79 heavy (non-hydrogen) atoms. The molecule has 1 saturated heterocycles. The van der Waals surface area contributed by atoms with Gasteiger partial charge in [0.2, 0.25) is 41.4 Å². The molecular formula is C53H59FN10O15. The number of pyridine rings is 2. The van der Waals surface area contributed by atoms with Gasteiger partial charge in [-0.15, -0.1) is 0 Å². The largest absolute Gasteiger partial charge is 0.480 e. The molecule has 5 atom stereocenters. The van der Waals surface area contributed by atoms with Gasteiger partial charge in [0.1, 0.15) is 37.3 Å². The zero-order valence-corrected chi connectivity index (χ0v) is 43.6. The van der Waals surface area contributed by atoms with Crippen LogP contribution in [0.5, 0.6) is 0 Å². The van der Waals surface area contributed by atoms with Crippen LogP contribution in [-0.4, -0.2) is 153 Å². The van der Waals surface area contributed by atoms with Crippen molar-refractivity contribution in [3.63, 3.8) is 0 Å². The number of fused-ring (bicyclic) bond motifs is 5. The number of likely N-dealkylation sites (tertiary alicyclic amines) is 1. The number of hydrogen-bond acceptors (Lipinski definition) is 16. The monoisotopic (exact) mass is 1090 g/mol. The van der Waals surface area contributed by atoms with Crippen LogP contribution in [0.15, 0.2) is 47.3 Å². The first-order valence-corrected chi connectivity index (χ1v) is 25.5. The van der Waals surface area contributed by atoms with E-state index in [2.05, 4.69) is 31.9 Å². The minimum absolute atomic E-state index is 0.0311. The number of carbonyl (C=O) groups excluding carboxylic acids is 9. The Bertz CT molecular complexity index is 3240. The van der Waals surface area contributed by atoms with Crippen LogP contribution in [0.25, 0.3) is 22.3 Å². The number of rotatable bonds is 22. The van der Waals surface area contributed by atoms with E-state index in [1.165, 1.54) is 22.5 Å². The smallest absolute Gasteiger partial charge is 0.343 e. The molecule has 25 nitrogen and oxygen atoms in total. The fraction of sp³-hybridized carbons (Fsp3) is 0.434. The number of carbonyl (C=O) groups is 10. The number of halogens is 1. The molecule has 0 bridgehead atoms. The third kappa shape index (κ3) is 11.7. The predicted molar refractivity (Wildman–Crippen MR) is 273 cm³/mol. The van der Waals surface area contributed by atoms with Crippen molar-refractivity contribution in [2.75, 3.05) is 46.5 Å². The Morgan fingerprint density at radius 1 is 0.886 bits per heavy atom. The third-order valence-corrected chi connectivity index (χ3v) is 14.7. The van der Waals surface area contributed by atoms with E-state index in [4.69, 9.17) is 19.6 Å². The molecule has 418 valence electrons. The van der Waals surface area contributed by atoms with Gasteiger partial charge in [0.25, 0.3) is 11.5 Å². The van der Waals surface area contributed by atoms with Crippen LogP contribution in [0, 0.1) is 12.7 Å².